The number of nitrogens with one attached hydrogen (secondary N) is 1. The van der Waals surface area contributed by atoms with Crippen molar-refractivity contribution in [3.05, 3.63) is 95.5 Å². The van der Waals surface area contributed by atoms with Crippen LogP contribution in [-0.4, -0.2) is 19.6 Å². The molecule has 3 aromatic carbocycles. The Morgan fingerprint density at radius 3 is 2.00 bits per heavy atom. The minimum Gasteiger partial charge on any atom is -0.341 e. The summed E-state index contributed by atoms with van der Waals surface area (Å²) in [6, 6.07) is 29.7. The van der Waals surface area contributed by atoms with Gasteiger partial charge in [-0.25, -0.2) is 0 Å². The second-order valence-electron chi connectivity index (χ2n) is 7.29. The van der Waals surface area contributed by atoms with E-state index in [9.17, 15) is 0 Å². The minimum atomic E-state index is 0. The fraction of sp³-hybridized carbons (Fsp3) is 0.250. The lowest BCUT2D eigenvalue weighted by Crippen LogP contribution is -2.30. The summed E-state index contributed by atoms with van der Waals surface area (Å²) in [5.41, 5.74) is 3.84. The standard InChI is InChI=1S/C24H25ClN2.ClH/c25-22-11-13-24(14-12-22)27(23-9-5-2-6-10-23)18-21-17-26-16-20(21)15-19-7-3-1-4-8-19;/h1-14,20-21,26H,15-18H2;1H/t20-,21+;/m0./s1. The molecule has 0 aliphatic carbocycles. The Bertz CT molecular complexity index is 837. The second kappa shape index (κ2) is 9.97. The van der Waals surface area contributed by atoms with Gasteiger partial charge in [-0.05, 0) is 73.3 Å². The van der Waals surface area contributed by atoms with Gasteiger partial charge < -0.3 is 10.2 Å². The molecule has 0 amide bonds. The SMILES string of the molecule is Cl.Clc1ccc(N(C[C@H]2CNC[C@@H]2Cc2ccccc2)c2ccccc2)cc1. The normalized spacial score (nSPS) is 18.5. The molecule has 1 aliphatic heterocycles. The van der Waals surface area contributed by atoms with Gasteiger partial charge in [0, 0.05) is 22.9 Å². The zero-order valence-corrected chi connectivity index (χ0v) is 17.4. The van der Waals surface area contributed by atoms with Gasteiger partial charge in [-0.1, -0.05) is 60.1 Å². The largest absolute Gasteiger partial charge is 0.341 e. The molecule has 2 atom stereocenters. The molecule has 1 N–H and O–H groups in total. The maximum Gasteiger partial charge on any atom is 0.0411 e. The van der Waals surface area contributed by atoms with Crippen LogP contribution in [0.3, 0.4) is 0 Å². The number of rotatable bonds is 6. The molecule has 0 saturated carbocycles. The van der Waals surface area contributed by atoms with E-state index >= 15 is 0 Å². The van der Waals surface area contributed by atoms with Crippen LogP contribution in [0.15, 0.2) is 84.9 Å². The average molecular weight is 413 g/mol. The molecule has 1 aliphatic rings. The van der Waals surface area contributed by atoms with Gasteiger partial charge in [-0.2, -0.15) is 0 Å². The van der Waals surface area contributed by atoms with Crippen LogP contribution >= 0.6 is 24.0 Å². The summed E-state index contributed by atoms with van der Waals surface area (Å²) in [5, 5.41) is 4.39. The van der Waals surface area contributed by atoms with E-state index in [0.29, 0.717) is 11.8 Å². The molecule has 0 unspecified atom stereocenters. The van der Waals surface area contributed by atoms with Crippen molar-refractivity contribution in [2.45, 2.75) is 6.42 Å². The van der Waals surface area contributed by atoms with Crippen molar-refractivity contribution >= 4 is 35.4 Å². The lowest BCUT2D eigenvalue weighted by molar-refractivity contribution is 0.423. The monoisotopic (exact) mass is 412 g/mol. The minimum absolute atomic E-state index is 0. The molecule has 1 saturated heterocycles. The van der Waals surface area contributed by atoms with Gasteiger partial charge in [0.15, 0.2) is 0 Å². The number of benzene rings is 3. The van der Waals surface area contributed by atoms with Crippen LogP contribution in [0.1, 0.15) is 5.56 Å². The molecule has 146 valence electrons. The van der Waals surface area contributed by atoms with Crippen molar-refractivity contribution < 1.29 is 0 Å². The number of halogens is 2. The third-order valence-corrected chi connectivity index (χ3v) is 5.70. The summed E-state index contributed by atoms with van der Waals surface area (Å²) in [6.07, 6.45) is 1.13. The number of anilines is 2. The van der Waals surface area contributed by atoms with Crippen LogP contribution < -0.4 is 10.2 Å². The molecule has 0 radical (unpaired) electrons. The number of hydrogen-bond donors (Lipinski definition) is 1. The van der Waals surface area contributed by atoms with Crippen molar-refractivity contribution in [2.75, 3.05) is 24.5 Å². The first kappa shape index (κ1) is 20.7. The zero-order chi connectivity index (χ0) is 18.5. The molecule has 0 bridgehead atoms. The first-order valence-corrected chi connectivity index (χ1v) is 10.0. The third kappa shape index (κ3) is 5.08. The predicted octanol–water partition coefficient (Wildman–Crippen LogP) is 5.98. The van der Waals surface area contributed by atoms with Gasteiger partial charge in [0.25, 0.3) is 0 Å². The predicted molar refractivity (Wildman–Crippen MR) is 122 cm³/mol. The molecule has 1 fully saturated rings. The third-order valence-electron chi connectivity index (χ3n) is 5.44. The van der Waals surface area contributed by atoms with E-state index in [4.69, 9.17) is 11.6 Å². The highest BCUT2D eigenvalue weighted by molar-refractivity contribution is 6.30. The summed E-state index contributed by atoms with van der Waals surface area (Å²) in [4.78, 5) is 2.42. The fourth-order valence-electron chi connectivity index (χ4n) is 3.98. The Kier molecular flexibility index (Phi) is 7.38. The highest BCUT2D eigenvalue weighted by Gasteiger charge is 2.29. The molecule has 4 rings (SSSR count). The van der Waals surface area contributed by atoms with Crippen molar-refractivity contribution in [3.8, 4) is 0 Å². The van der Waals surface area contributed by atoms with E-state index in [-0.39, 0.29) is 12.4 Å². The summed E-state index contributed by atoms with van der Waals surface area (Å²) in [5.74, 6) is 1.24. The van der Waals surface area contributed by atoms with Gasteiger partial charge in [-0.15, -0.1) is 12.4 Å². The molecular formula is C24H26Cl2N2. The topological polar surface area (TPSA) is 15.3 Å². The number of hydrogen-bond acceptors (Lipinski definition) is 2. The van der Waals surface area contributed by atoms with E-state index in [0.717, 1.165) is 31.1 Å². The van der Waals surface area contributed by atoms with Crippen LogP contribution in [0.25, 0.3) is 0 Å². The molecule has 28 heavy (non-hydrogen) atoms. The van der Waals surface area contributed by atoms with Crippen molar-refractivity contribution in [3.63, 3.8) is 0 Å². The first-order chi connectivity index (χ1) is 13.3. The van der Waals surface area contributed by atoms with E-state index < -0.39 is 0 Å². The van der Waals surface area contributed by atoms with Crippen LogP contribution in [-0.2, 0) is 6.42 Å². The smallest absolute Gasteiger partial charge is 0.0411 e. The summed E-state index contributed by atoms with van der Waals surface area (Å²) in [6.45, 7) is 3.15. The Morgan fingerprint density at radius 2 is 1.32 bits per heavy atom. The van der Waals surface area contributed by atoms with Gasteiger partial charge >= 0.3 is 0 Å². The molecule has 3 aromatic rings. The molecule has 4 heteroatoms. The van der Waals surface area contributed by atoms with Crippen LogP contribution in [0, 0.1) is 11.8 Å². The molecule has 0 aromatic heterocycles. The van der Waals surface area contributed by atoms with E-state index in [1.54, 1.807) is 0 Å². The van der Waals surface area contributed by atoms with E-state index in [1.165, 1.54) is 16.9 Å². The van der Waals surface area contributed by atoms with Gasteiger partial charge in [0.05, 0.1) is 0 Å². The van der Waals surface area contributed by atoms with E-state index in [1.807, 2.05) is 12.1 Å². The second-order valence-corrected chi connectivity index (χ2v) is 7.73. The molecule has 0 spiro atoms. The highest BCUT2D eigenvalue weighted by atomic mass is 35.5. The highest BCUT2D eigenvalue weighted by Crippen LogP contribution is 2.31. The van der Waals surface area contributed by atoms with Crippen LogP contribution in [0.5, 0.6) is 0 Å². The Hall–Kier alpha value is -2.00. The van der Waals surface area contributed by atoms with Gasteiger partial charge in [-0.3, -0.25) is 0 Å². The summed E-state index contributed by atoms with van der Waals surface area (Å²) in [7, 11) is 0. The lowest BCUT2D eigenvalue weighted by atomic mass is 9.89. The van der Waals surface area contributed by atoms with Crippen molar-refractivity contribution in [1.29, 1.82) is 0 Å². The van der Waals surface area contributed by atoms with Crippen molar-refractivity contribution in [1.82, 2.24) is 5.32 Å². The number of nitrogens with zero attached hydrogens (tertiary/aromatic N) is 1. The van der Waals surface area contributed by atoms with Crippen LogP contribution in [0.4, 0.5) is 11.4 Å². The average Bonchev–Trinajstić information content (AvgIpc) is 3.15. The van der Waals surface area contributed by atoms with Gasteiger partial charge in [0.2, 0.25) is 0 Å². The maximum absolute atomic E-state index is 6.12. The molecule has 1 heterocycles. The van der Waals surface area contributed by atoms with Crippen LogP contribution in [0.2, 0.25) is 5.02 Å². The Morgan fingerprint density at radius 1 is 0.750 bits per heavy atom. The van der Waals surface area contributed by atoms with E-state index in [2.05, 4.69) is 83.0 Å². The summed E-state index contributed by atoms with van der Waals surface area (Å²) < 4.78 is 0. The Balaban J connectivity index is 0.00000225. The number of para-hydroxylation sites is 1. The summed E-state index contributed by atoms with van der Waals surface area (Å²) >= 11 is 6.12. The quantitative estimate of drug-likeness (QED) is 0.535. The lowest BCUT2D eigenvalue weighted by Gasteiger charge is -2.30. The Labute approximate surface area is 178 Å². The fourth-order valence-corrected chi connectivity index (χ4v) is 4.11. The maximum atomic E-state index is 6.12. The zero-order valence-electron chi connectivity index (χ0n) is 15.8. The molecular weight excluding hydrogens is 387 g/mol. The van der Waals surface area contributed by atoms with Gasteiger partial charge in [0.1, 0.15) is 0 Å². The first-order valence-electron chi connectivity index (χ1n) is 9.62. The van der Waals surface area contributed by atoms with Crippen molar-refractivity contribution in [2.24, 2.45) is 11.8 Å². The molecule has 2 nitrogen and oxygen atoms in total.